The van der Waals surface area contributed by atoms with Crippen LogP contribution in [0.25, 0.3) is 64.4 Å². The van der Waals surface area contributed by atoms with E-state index in [0.29, 0.717) is 0 Å². The van der Waals surface area contributed by atoms with Crippen molar-refractivity contribution in [3.05, 3.63) is 171 Å². The highest BCUT2D eigenvalue weighted by Gasteiger charge is 2.50. The highest BCUT2D eigenvalue weighted by Crippen LogP contribution is 2.53. The summed E-state index contributed by atoms with van der Waals surface area (Å²) < 4.78 is 17.6. The van der Waals surface area contributed by atoms with Crippen LogP contribution in [0, 0.1) is 27.7 Å². The van der Waals surface area contributed by atoms with Crippen molar-refractivity contribution in [1.29, 1.82) is 0 Å². The zero-order valence-corrected chi connectivity index (χ0v) is 45.0. The third-order valence-corrected chi connectivity index (χ3v) is 17.9. The Morgan fingerprint density at radius 2 is 0.903 bits per heavy atom. The van der Waals surface area contributed by atoms with Gasteiger partial charge in [0.1, 0.15) is 11.2 Å². The number of furan rings is 2. The van der Waals surface area contributed by atoms with Crippen LogP contribution in [0.1, 0.15) is 100 Å². The fourth-order valence-electron chi connectivity index (χ4n) is 12.1. The molecule has 72 heavy (non-hydrogen) atoms. The van der Waals surface area contributed by atoms with Crippen molar-refractivity contribution in [2.24, 2.45) is 0 Å². The van der Waals surface area contributed by atoms with Crippen molar-refractivity contribution in [1.82, 2.24) is 0 Å². The van der Waals surface area contributed by atoms with E-state index in [2.05, 4.69) is 225 Å². The van der Waals surface area contributed by atoms with Gasteiger partial charge in [-0.25, -0.2) is 0 Å². The summed E-state index contributed by atoms with van der Waals surface area (Å²) in [4.78, 5) is 5.05. The topological polar surface area (TPSA) is 32.8 Å². The van der Waals surface area contributed by atoms with Crippen LogP contribution in [-0.4, -0.2) is 6.71 Å². The minimum atomic E-state index is -0.212. The third-order valence-electron chi connectivity index (χ3n) is 16.0. The van der Waals surface area contributed by atoms with Crippen molar-refractivity contribution in [3.63, 3.8) is 0 Å². The maximum Gasteiger partial charge on any atom is 0.262 e. The highest BCUT2D eigenvalue weighted by molar-refractivity contribution is 7.18. The minimum Gasteiger partial charge on any atom is -0.440 e. The average Bonchev–Trinajstić information content (AvgIpc) is 4.15. The Bertz CT molecular complexity index is 3820. The summed E-state index contributed by atoms with van der Waals surface area (Å²) in [7, 11) is 0. The first-order chi connectivity index (χ1) is 34.5. The van der Waals surface area contributed by atoms with Crippen LogP contribution in [0.2, 0.25) is 0 Å². The maximum absolute atomic E-state index is 7.50. The lowest BCUT2D eigenvalue weighted by Gasteiger charge is -2.42. The number of benzene rings is 7. The van der Waals surface area contributed by atoms with E-state index >= 15 is 0 Å². The minimum absolute atomic E-state index is 0.0843. The molecule has 0 atom stereocenters. The molecule has 2 aliphatic heterocycles. The average molecular weight is 975 g/mol. The van der Waals surface area contributed by atoms with Gasteiger partial charge in [-0.05, 0) is 159 Å². The van der Waals surface area contributed by atoms with Crippen LogP contribution in [0.15, 0.2) is 141 Å². The summed E-state index contributed by atoms with van der Waals surface area (Å²) in [5.74, 6) is 1.97. The van der Waals surface area contributed by atoms with Crippen LogP contribution in [0.5, 0.6) is 0 Å². The molecule has 0 N–H and O–H groups in total. The Balaban J connectivity index is 1.19. The fourth-order valence-corrected chi connectivity index (χ4v) is 14.0. The number of rotatable bonds is 5. The monoisotopic (exact) mass is 974 g/mol. The first-order valence-corrected chi connectivity index (χ1v) is 27.3. The van der Waals surface area contributed by atoms with E-state index in [1.54, 1.807) is 0 Å². The molecular weight excluding hydrogens is 916 g/mol. The molecule has 13 rings (SSSR count). The molecule has 11 aromatic rings. The van der Waals surface area contributed by atoms with Crippen LogP contribution in [-0.2, 0) is 10.8 Å². The van der Waals surface area contributed by atoms with Crippen molar-refractivity contribution in [2.75, 3.05) is 9.80 Å². The van der Waals surface area contributed by atoms with Crippen LogP contribution >= 0.6 is 22.7 Å². The molecule has 6 heterocycles. The number of anilines is 6. The third kappa shape index (κ3) is 6.55. The molecule has 0 radical (unpaired) electrons. The van der Waals surface area contributed by atoms with E-state index in [1.807, 2.05) is 22.7 Å². The molecule has 356 valence electrons. The summed E-state index contributed by atoms with van der Waals surface area (Å²) in [6.07, 6.45) is 0. The molecule has 0 bridgehead atoms. The van der Waals surface area contributed by atoms with Crippen LogP contribution in [0.3, 0.4) is 0 Å². The second kappa shape index (κ2) is 15.9. The Hall–Kier alpha value is -6.80. The van der Waals surface area contributed by atoms with Gasteiger partial charge in [0.05, 0.1) is 11.4 Å². The van der Waals surface area contributed by atoms with Gasteiger partial charge in [-0.3, -0.25) is 9.80 Å². The zero-order chi connectivity index (χ0) is 49.9. The summed E-state index contributed by atoms with van der Waals surface area (Å²) in [6, 6.07) is 45.7. The van der Waals surface area contributed by atoms with Gasteiger partial charge in [0, 0.05) is 64.4 Å². The Morgan fingerprint density at radius 1 is 0.472 bits per heavy atom. The number of aryl methyl sites for hydroxylation is 2. The van der Waals surface area contributed by atoms with Gasteiger partial charge in [0.2, 0.25) is 11.8 Å². The quantitative estimate of drug-likeness (QED) is 0.161. The lowest BCUT2D eigenvalue weighted by Crippen LogP contribution is -2.61. The Morgan fingerprint density at radius 3 is 1.32 bits per heavy atom. The van der Waals surface area contributed by atoms with E-state index in [9.17, 15) is 0 Å². The van der Waals surface area contributed by atoms with Crippen LogP contribution < -0.4 is 26.2 Å². The van der Waals surface area contributed by atoms with Crippen molar-refractivity contribution < 1.29 is 8.83 Å². The van der Waals surface area contributed by atoms with Gasteiger partial charge in [-0.2, -0.15) is 0 Å². The van der Waals surface area contributed by atoms with Gasteiger partial charge in [0.25, 0.3) is 6.71 Å². The summed E-state index contributed by atoms with van der Waals surface area (Å²) in [6.45, 7) is 27.5. The smallest absolute Gasteiger partial charge is 0.262 e. The second-order valence-corrected chi connectivity index (χ2v) is 24.7. The van der Waals surface area contributed by atoms with Crippen molar-refractivity contribution in [3.8, 4) is 22.3 Å². The normalized spacial score (nSPS) is 13.6. The first kappa shape index (κ1) is 45.1. The zero-order valence-electron chi connectivity index (χ0n) is 43.4. The summed E-state index contributed by atoms with van der Waals surface area (Å²) in [5, 5.41) is 9.54. The highest BCUT2D eigenvalue weighted by atomic mass is 32.1. The van der Waals surface area contributed by atoms with Gasteiger partial charge in [-0.15, -0.1) is 22.7 Å². The molecular formula is C65H59BN2O2S2. The molecule has 0 fully saturated rings. The van der Waals surface area contributed by atoms with Gasteiger partial charge in [0.15, 0.2) is 0 Å². The molecule has 4 aromatic heterocycles. The Labute approximate surface area is 431 Å². The second-order valence-electron chi connectivity index (χ2n) is 22.9. The fraction of sp³-hybridized carbons (Fsp3) is 0.231. The standard InChI is InChI=1S/C65H59BN2O2S2/c1-35(2)40-29-51-59-52(30-40)68(61-37(4)22-26-44(39(61)6)50-34-72-56-20-16-14-18-46(50)56)63-58(48-32-42(65(10,11)12)24-28-54(48)70-63)66(59)57-47-31-41(64(7,8)9)23-27-53(47)69-62(57)67(51)60-36(3)21-25-43(38(60)5)49-33-71-55-19-15-13-17-45(49)55/h13-35H,1-12H3. The van der Waals surface area contributed by atoms with Crippen LogP contribution in [0.4, 0.5) is 34.5 Å². The maximum atomic E-state index is 7.50. The molecule has 0 amide bonds. The molecule has 0 saturated heterocycles. The Kier molecular flexibility index (Phi) is 9.93. The van der Waals surface area contributed by atoms with Crippen molar-refractivity contribution in [2.45, 2.75) is 99.8 Å². The number of fused-ring (bicyclic) bond motifs is 10. The van der Waals surface area contributed by atoms with Crippen molar-refractivity contribution >= 4 is 122 Å². The molecule has 0 unspecified atom stereocenters. The SMILES string of the molecule is Cc1ccc(-c2csc3ccccc23)c(C)c1N1c2cc(C(C)C)cc3c2B(c2c1oc1ccc(C(C)(C)C)cc21)c1c(oc2ccc(C(C)(C)C)cc12)N3c1c(C)ccc(-c2csc3ccccc23)c1C. The lowest BCUT2D eigenvalue weighted by atomic mass is 9.33. The van der Waals surface area contributed by atoms with E-state index in [4.69, 9.17) is 8.83 Å². The molecule has 4 nitrogen and oxygen atoms in total. The first-order valence-electron chi connectivity index (χ1n) is 25.5. The molecule has 0 aliphatic carbocycles. The largest absolute Gasteiger partial charge is 0.440 e. The van der Waals surface area contributed by atoms with Gasteiger partial charge in [-0.1, -0.05) is 128 Å². The molecule has 7 heteroatoms. The van der Waals surface area contributed by atoms with E-state index < -0.39 is 0 Å². The van der Waals surface area contributed by atoms with E-state index in [-0.39, 0.29) is 23.5 Å². The predicted octanol–water partition coefficient (Wildman–Crippen LogP) is 18.0. The molecule has 2 aliphatic rings. The molecule has 0 saturated carbocycles. The molecule has 0 spiro atoms. The molecule has 7 aromatic carbocycles. The summed E-state index contributed by atoms with van der Waals surface area (Å²) >= 11 is 3.63. The number of nitrogens with zero attached hydrogens (tertiary/aromatic N) is 2. The number of thiophene rings is 2. The number of hydrogen-bond donors (Lipinski definition) is 0. The predicted molar refractivity (Wildman–Crippen MR) is 312 cm³/mol. The summed E-state index contributed by atoms with van der Waals surface area (Å²) in [5.41, 5.74) is 23.5. The lowest BCUT2D eigenvalue weighted by molar-refractivity contribution is 0.589. The van der Waals surface area contributed by atoms with E-state index in [1.165, 1.54) is 97.8 Å². The number of hydrogen-bond acceptors (Lipinski definition) is 6. The van der Waals surface area contributed by atoms with E-state index in [0.717, 1.165) is 56.5 Å². The van der Waals surface area contributed by atoms with Gasteiger partial charge < -0.3 is 8.83 Å². The van der Waals surface area contributed by atoms with Gasteiger partial charge >= 0.3 is 0 Å².